The molecule has 2 heterocycles. The fourth-order valence-electron chi connectivity index (χ4n) is 5.23. The zero-order valence-corrected chi connectivity index (χ0v) is 20.6. The molecule has 3 aromatic rings. The molecule has 192 valence electrons. The molecule has 0 radical (unpaired) electrons. The summed E-state index contributed by atoms with van der Waals surface area (Å²) in [5, 5.41) is -0.477. The Morgan fingerprint density at radius 1 is 0.811 bits per heavy atom. The van der Waals surface area contributed by atoms with Crippen molar-refractivity contribution in [1.29, 1.82) is 0 Å². The fourth-order valence-corrected chi connectivity index (χ4v) is 5.46. The Morgan fingerprint density at radius 3 is 1.92 bits per heavy atom. The van der Waals surface area contributed by atoms with E-state index in [4.69, 9.17) is 11.6 Å². The Hall–Kier alpha value is -3.20. The lowest BCUT2D eigenvalue weighted by Gasteiger charge is -2.41. The van der Waals surface area contributed by atoms with Gasteiger partial charge < -0.3 is 0 Å². The normalized spacial score (nSPS) is 19.7. The first kappa shape index (κ1) is 25.4. The minimum absolute atomic E-state index is 0.0526. The number of hydrogen-bond acceptors (Lipinski definition) is 4. The van der Waals surface area contributed by atoms with Crippen LogP contribution in [0.25, 0.3) is 0 Å². The van der Waals surface area contributed by atoms with Gasteiger partial charge in [-0.05, 0) is 29.3 Å². The van der Waals surface area contributed by atoms with Gasteiger partial charge in [0.15, 0.2) is 0 Å². The monoisotopic (exact) mass is 527 g/mol. The topological polar surface area (TPSA) is 43.9 Å². The van der Waals surface area contributed by atoms with Crippen molar-refractivity contribution in [2.45, 2.75) is 24.7 Å². The number of hydrogen-bond donors (Lipinski definition) is 0. The summed E-state index contributed by atoms with van der Waals surface area (Å²) in [7, 11) is 0. The van der Waals surface area contributed by atoms with Gasteiger partial charge in [-0.3, -0.25) is 19.4 Å². The summed E-state index contributed by atoms with van der Waals surface area (Å²) >= 11 is 5.72. The van der Waals surface area contributed by atoms with Gasteiger partial charge in [0, 0.05) is 26.2 Å². The molecule has 1 atom stereocenters. The lowest BCUT2D eigenvalue weighted by atomic mass is 9.96. The van der Waals surface area contributed by atoms with Crippen molar-refractivity contribution in [3.63, 3.8) is 0 Å². The van der Waals surface area contributed by atoms with Gasteiger partial charge in [-0.1, -0.05) is 72.3 Å². The van der Waals surface area contributed by atoms with Crippen LogP contribution in [0.2, 0.25) is 5.02 Å². The summed E-state index contributed by atoms with van der Waals surface area (Å²) in [6, 6.07) is 22.9. The highest BCUT2D eigenvalue weighted by molar-refractivity contribution is 6.31. The van der Waals surface area contributed by atoms with Crippen LogP contribution >= 0.6 is 11.6 Å². The lowest BCUT2D eigenvalue weighted by molar-refractivity contribution is -0.137. The summed E-state index contributed by atoms with van der Waals surface area (Å²) in [4.78, 5) is 31.2. The Morgan fingerprint density at radius 2 is 1.38 bits per heavy atom. The Balaban J connectivity index is 1.32. The molecule has 5 rings (SSSR count). The summed E-state index contributed by atoms with van der Waals surface area (Å²) in [6.07, 6.45) is -4.76. The Bertz CT molecular complexity index is 1240. The predicted molar refractivity (Wildman–Crippen MR) is 135 cm³/mol. The van der Waals surface area contributed by atoms with Crippen molar-refractivity contribution < 1.29 is 22.8 Å². The van der Waals surface area contributed by atoms with E-state index in [1.165, 1.54) is 17.2 Å². The van der Waals surface area contributed by atoms with Gasteiger partial charge in [-0.25, -0.2) is 4.90 Å². The number of imide groups is 1. The summed E-state index contributed by atoms with van der Waals surface area (Å²) in [6.45, 7) is 2.46. The van der Waals surface area contributed by atoms with Crippen LogP contribution in [0.4, 0.5) is 18.9 Å². The Kier molecular flexibility index (Phi) is 7.07. The first-order valence-corrected chi connectivity index (χ1v) is 12.4. The van der Waals surface area contributed by atoms with Gasteiger partial charge >= 0.3 is 6.18 Å². The predicted octanol–water partition coefficient (Wildman–Crippen LogP) is 5.40. The zero-order chi connectivity index (χ0) is 26.2. The summed E-state index contributed by atoms with van der Waals surface area (Å²) in [5.74, 6) is -1.02. The average Bonchev–Trinajstić information content (AvgIpc) is 3.19. The molecule has 1 unspecified atom stereocenters. The third kappa shape index (κ3) is 5.14. The maximum atomic E-state index is 13.3. The van der Waals surface area contributed by atoms with Crippen molar-refractivity contribution in [3.8, 4) is 0 Å². The number of anilines is 1. The third-order valence-electron chi connectivity index (χ3n) is 7.02. The van der Waals surface area contributed by atoms with Crippen LogP contribution in [-0.2, 0) is 15.8 Å². The second-order valence-electron chi connectivity index (χ2n) is 9.25. The van der Waals surface area contributed by atoms with Crippen molar-refractivity contribution in [2.24, 2.45) is 0 Å². The van der Waals surface area contributed by atoms with Gasteiger partial charge in [0.25, 0.3) is 5.91 Å². The number of piperazine rings is 1. The highest BCUT2D eigenvalue weighted by Crippen LogP contribution is 2.38. The molecule has 9 heteroatoms. The van der Waals surface area contributed by atoms with Gasteiger partial charge in [0.05, 0.1) is 34.8 Å². The Labute approximate surface area is 218 Å². The molecule has 2 amide bonds. The maximum Gasteiger partial charge on any atom is 0.417 e. The molecule has 0 N–H and O–H groups in total. The van der Waals surface area contributed by atoms with E-state index in [9.17, 15) is 22.8 Å². The number of carbonyl (C=O) groups is 2. The number of carbonyl (C=O) groups excluding carboxylic acids is 2. The zero-order valence-electron chi connectivity index (χ0n) is 19.9. The van der Waals surface area contributed by atoms with Gasteiger partial charge in [-0.15, -0.1) is 0 Å². The number of halogens is 4. The smallest absolute Gasteiger partial charge is 0.290 e. The molecule has 2 aliphatic rings. The first-order chi connectivity index (χ1) is 17.7. The quantitative estimate of drug-likeness (QED) is 0.417. The highest BCUT2D eigenvalue weighted by Gasteiger charge is 2.44. The second-order valence-corrected chi connectivity index (χ2v) is 9.65. The van der Waals surface area contributed by atoms with Crippen LogP contribution in [0.15, 0.2) is 78.9 Å². The molecule has 2 aliphatic heterocycles. The molecule has 0 bridgehead atoms. The van der Waals surface area contributed by atoms with Crippen LogP contribution < -0.4 is 4.90 Å². The molecule has 0 aliphatic carbocycles. The molecule has 0 spiro atoms. The fraction of sp³-hybridized carbons (Fsp3) is 0.286. The van der Waals surface area contributed by atoms with Crippen LogP contribution in [0.5, 0.6) is 0 Å². The number of amides is 2. The largest absolute Gasteiger partial charge is 0.417 e. The van der Waals surface area contributed by atoms with Crippen molar-refractivity contribution in [2.75, 3.05) is 31.1 Å². The SMILES string of the molecule is O=C1CC(N2CCN(C(c3ccccc3)c3ccccc3)CC2)C(=O)N1c1ccc(Cl)c(C(F)(F)F)c1. The van der Waals surface area contributed by atoms with E-state index in [0.29, 0.717) is 26.2 Å². The molecular formula is C28H25ClF3N3O2. The molecule has 5 nitrogen and oxygen atoms in total. The standard InChI is InChI=1S/C28H25ClF3N3O2/c29-23-12-11-21(17-22(23)28(30,31)32)35-25(36)18-24(27(35)37)33-13-15-34(16-14-33)26(19-7-3-1-4-8-19)20-9-5-2-6-10-20/h1-12,17,24,26H,13-16,18H2. The second kappa shape index (κ2) is 10.3. The van der Waals surface area contributed by atoms with Crippen LogP contribution in [0, 0.1) is 0 Å². The van der Waals surface area contributed by atoms with E-state index in [0.717, 1.165) is 17.0 Å². The van der Waals surface area contributed by atoms with Crippen molar-refractivity contribution >= 4 is 29.1 Å². The number of alkyl halides is 3. The molecular weight excluding hydrogens is 503 g/mol. The van der Waals surface area contributed by atoms with Gasteiger partial charge in [0.2, 0.25) is 5.91 Å². The number of nitrogens with zero attached hydrogens (tertiary/aromatic N) is 3. The molecule has 0 saturated carbocycles. The van der Waals surface area contributed by atoms with E-state index in [2.05, 4.69) is 29.2 Å². The van der Waals surface area contributed by atoms with Crippen molar-refractivity contribution in [1.82, 2.24) is 9.80 Å². The van der Waals surface area contributed by atoms with Crippen LogP contribution in [0.3, 0.4) is 0 Å². The number of benzene rings is 3. The minimum Gasteiger partial charge on any atom is -0.290 e. The molecule has 37 heavy (non-hydrogen) atoms. The van der Waals surface area contributed by atoms with E-state index < -0.39 is 34.6 Å². The van der Waals surface area contributed by atoms with Crippen LogP contribution in [-0.4, -0.2) is 53.8 Å². The van der Waals surface area contributed by atoms with E-state index >= 15 is 0 Å². The van der Waals surface area contributed by atoms with E-state index in [1.807, 2.05) is 41.3 Å². The molecule has 0 aromatic heterocycles. The van der Waals surface area contributed by atoms with E-state index in [1.54, 1.807) is 0 Å². The third-order valence-corrected chi connectivity index (χ3v) is 7.35. The highest BCUT2D eigenvalue weighted by atomic mass is 35.5. The summed E-state index contributed by atoms with van der Waals surface area (Å²) in [5.41, 5.74) is 1.16. The molecule has 2 fully saturated rings. The van der Waals surface area contributed by atoms with Crippen molar-refractivity contribution in [3.05, 3.63) is 101 Å². The summed E-state index contributed by atoms with van der Waals surface area (Å²) < 4.78 is 40.0. The molecule has 3 aromatic carbocycles. The minimum atomic E-state index is -4.69. The lowest BCUT2D eigenvalue weighted by Crippen LogP contribution is -2.53. The van der Waals surface area contributed by atoms with Gasteiger partial charge in [0.1, 0.15) is 0 Å². The maximum absolute atomic E-state index is 13.3. The average molecular weight is 528 g/mol. The van der Waals surface area contributed by atoms with E-state index in [-0.39, 0.29) is 18.2 Å². The molecule has 2 saturated heterocycles. The van der Waals surface area contributed by atoms with Crippen LogP contribution in [0.1, 0.15) is 29.2 Å². The first-order valence-electron chi connectivity index (χ1n) is 12.1. The number of rotatable bonds is 5. The van der Waals surface area contributed by atoms with Gasteiger partial charge in [-0.2, -0.15) is 13.2 Å².